The fourth-order valence-corrected chi connectivity index (χ4v) is 2.93. The van der Waals surface area contributed by atoms with Crippen LogP contribution in [-0.2, 0) is 6.42 Å². The molecule has 8 heteroatoms. The maximum Gasteiger partial charge on any atom is 0.268 e. The van der Waals surface area contributed by atoms with E-state index in [1.54, 1.807) is 4.57 Å². The highest BCUT2D eigenvalue weighted by atomic mass is 32.2. The fraction of sp³-hybridized carbons (Fsp3) is 0.600. The first kappa shape index (κ1) is 17.5. The van der Waals surface area contributed by atoms with Crippen LogP contribution in [0.2, 0.25) is 0 Å². The molecule has 2 rings (SSSR count). The van der Waals surface area contributed by atoms with Crippen molar-refractivity contribution in [1.82, 2.24) is 18.9 Å². The van der Waals surface area contributed by atoms with Crippen molar-refractivity contribution < 1.29 is 5.11 Å². The Morgan fingerprint density at radius 3 is 2.39 bits per heavy atom. The minimum absolute atomic E-state index is 0.0336. The van der Waals surface area contributed by atoms with Gasteiger partial charge in [0.25, 0.3) is 11.2 Å². The van der Waals surface area contributed by atoms with Crippen LogP contribution in [0.3, 0.4) is 0 Å². The van der Waals surface area contributed by atoms with Crippen molar-refractivity contribution in [2.75, 3.05) is 6.26 Å². The third kappa shape index (κ3) is 3.12. The number of aromatic hydroxyl groups is 1. The van der Waals surface area contributed by atoms with Gasteiger partial charge in [-0.25, -0.2) is 9.39 Å². The van der Waals surface area contributed by atoms with Gasteiger partial charge in [-0.05, 0) is 40.4 Å². The molecule has 23 heavy (non-hydrogen) atoms. The van der Waals surface area contributed by atoms with E-state index in [-0.39, 0.29) is 23.5 Å². The number of hydrogen-bond donors (Lipinski definition) is 1. The van der Waals surface area contributed by atoms with Gasteiger partial charge in [-0.15, -0.1) is 0 Å². The summed E-state index contributed by atoms with van der Waals surface area (Å²) in [5.74, 6) is 0.326. The fourth-order valence-electron chi connectivity index (χ4n) is 2.41. The highest BCUT2D eigenvalue weighted by molar-refractivity contribution is 7.98. The monoisotopic (exact) mass is 337 g/mol. The zero-order chi connectivity index (χ0) is 17.3. The van der Waals surface area contributed by atoms with Gasteiger partial charge in [0.15, 0.2) is 5.16 Å². The van der Waals surface area contributed by atoms with Crippen LogP contribution in [0.15, 0.2) is 14.9 Å². The summed E-state index contributed by atoms with van der Waals surface area (Å²) in [5, 5.41) is 11.0. The lowest BCUT2D eigenvalue weighted by molar-refractivity contribution is 0.385. The van der Waals surface area contributed by atoms with Crippen LogP contribution in [0, 0.1) is 0 Å². The molecule has 126 valence electrons. The van der Waals surface area contributed by atoms with Gasteiger partial charge in [-0.3, -0.25) is 9.36 Å². The smallest absolute Gasteiger partial charge is 0.268 e. The zero-order valence-electron chi connectivity index (χ0n) is 14.4. The molecule has 0 aliphatic rings. The Hall–Kier alpha value is -1.83. The predicted molar refractivity (Wildman–Crippen MR) is 91.2 cm³/mol. The average Bonchev–Trinajstić information content (AvgIpc) is 2.45. The quantitative estimate of drug-likeness (QED) is 0.860. The standard InChI is InChI=1S/C15H23N5O2S/c1-7-10-11(21)19(9(4)5)14-17-13(16-8(2)3)18-15(23-6)20(14)12(10)22/h8-9,21H,7H2,1-6H3. The van der Waals surface area contributed by atoms with E-state index in [0.717, 1.165) is 0 Å². The molecule has 7 nitrogen and oxygen atoms in total. The summed E-state index contributed by atoms with van der Waals surface area (Å²) in [4.78, 5) is 25.9. The van der Waals surface area contributed by atoms with E-state index in [9.17, 15) is 9.90 Å². The molecule has 0 aliphatic carbocycles. The first-order chi connectivity index (χ1) is 10.8. The molecule has 0 saturated heterocycles. The van der Waals surface area contributed by atoms with E-state index < -0.39 is 0 Å². The molecule has 0 spiro atoms. The second-order valence-electron chi connectivity index (χ2n) is 5.79. The molecule has 0 bridgehead atoms. The summed E-state index contributed by atoms with van der Waals surface area (Å²) in [5.41, 5.74) is 0.405. The molecule has 0 aromatic carbocycles. The Labute approximate surface area is 139 Å². The molecule has 2 aromatic rings. The molecule has 0 saturated carbocycles. The molecule has 0 aliphatic heterocycles. The molecular weight excluding hydrogens is 314 g/mol. The summed E-state index contributed by atoms with van der Waals surface area (Å²) in [6, 6.07) is -0.0257. The number of hydrogen-bond acceptors (Lipinski definition) is 6. The highest BCUT2D eigenvalue weighted by Crippen LogP contribution is 2.23. The summed E-state index contributed by atoms with van der Waals surface area (Å²) in [6.07, 6.45) is 2.29. The van der Waals surface area contributed by atoms with E-state index in [0.29, 0.717) is 28.5 Å². The molecule has 0 amide bonds. The van der Waals surface area contributed by atoms with Crippen LogP contribution >= 0.6 is 11.8 Å². The predicted octanol–water partition coefficient (Wildman–Crippen LogP) is 1.77. The molecule has 0 fully saturated rings. The van der Waals surface area contributed by atoms with Gasteiger partial charge < -0.3 is 5.11 Å². The van der Waals surface area contributed by atoms with Crippen LogP contribution in [0.5, 0.6) is 5.88 Å². The highest BCUT2D eigenvalue weighted by Gasteiger charge is 2.20. The van der Waals surface area contributed by atoms with Gasteiger partial charge >= 0.3 is 0 Å². The van der Waals surface area contributed by atoms with Crippen molar-refractivity contribution in [2.45, 2.75) is 58.3 Å². The van der Waals surface area contributed by atoms with Gasteiger partial charge in [-0.1, -0.05) is 18.7 Å². The van der Waals surface area contributed by atoms with E-state index >= 15 is 0 Å². The van der Waals surface area contributed by atoms with Gasteiger partial charge in [0.05, 0.1) is 5.56 Å². The Bertz CT molecular complexity index is 852. The van der Waals surface area contributed by atoms with E-state index in [1.165, 1.54) is 16.2 Å². The molecule has 1 N–H and O–H groups in total. The van der Waals surface area contributed by atoms with Crippen LogP contribution in [0.25, 0.3) is 5.78 Å². The number of rotatable bonds is 4. The minimum atomic E-state index is -0.280. The topological polar surface area (TPSA) is 84.8 Å². The third-order valence-electron chi connectivity index (χ3n) is 3.39. The van der Waals surface area contributed by atoms with Crippen molar-refractivity contribution in [3.05, 3.63) is 21.5 Å². The molecule has 2 aromatic heterocycles. The van der Waals surface area contributed by atoms with Crippen molar-refractivity contribution in [1.29, 1.82) is 0 Å². The first-order valence-corrected chi connectivity index (χ1v) is 8.89. The lowest BCUT2D eigenvalue weighted by Gasteiger charge is -2.19. The lowest BCUT2D eigenvalue weighted by atomic mass is 10.2. The number of thioether (sulfide) groups is 1. The number of aromatic nitrogens is 4. The van der Waals surface area contributed by atoms with Gasteiger partial charge in [-0.2, -0.15) is 9.97 Å². The van der Waals surface area contributed by atoms with Crippen molar-refractivity contribution in [3.8, 4) is 5.88 Å². The Morgan fingerprint density at radius 1 is 1.26 bits per heavy atom. The zero-order valence-corrected chi connectivity index (χ0v) is 15.2. The maximum absolute atomic E-state index is 12.7. The first-order valence-electron chi connectivity index (χ1n) is 7.66. The molecule has 0 radical (unpaired) electrons. The Kier molecular flexibility index (Phi) is 5.13. The summed E-state index contributed by atoms with van der Waals surface area (Å²) >= 11 is 1.36. The molecule has 2 heterocycles. The van der Waals surface area contributed by atoms with Crippen LogP contribution in [0.4, 0.5) is 0 Å². The number of nitrogens with zero attached hydrogens (tertiary/aromatic N) is 5. The summed E-state index contributed by atoms with van der Waals surface area (Å²) in [6.45, 7) is 9.59. The summed E-state index contributed by atoms with van der Waals surface area (Å²) < 4.78 is 3.11. The van der Waals surface area contributed by atoms with Crippen LogP contribution in [0.1, 0.15) is 46.2 Å². The number of fused-ring (bicyclic) bond motifs is 1. The average molecular weight is 337 g/mol. The van der Waals surface area contributed by atoms with Gasteiger partial charge in [0.1, 0.15) is 0 Å². The van der Waals surface area contributed by atoms with Crippen LogP contribution in [-0.4, -0.2) is 36.3 Å². The van der Waals surface area contributed by atoms with Crippen molar-refractivity contribution in [2.24, 2.45) is 4.99 Å². The van der Waals surface area contributed by atoms with E-state index in [1.807, 2.05) is 40.9 Å². The normalized spacial score (nSPS) is 12.8. The third-order valence-corrected chi connectivity index (χ3v) is 4.03. The Balaban J connectivity index is 3.10. The lowest BCUT2D eigenvalue weighted by Crippen LogP contribution is -2.31. The van der Waals surface area contributed by atoms with Crippen molar-refractivity contribution in [3.63, 3.8) is 0 Å². The second kappa shape index (κ2) is 6.74. The van der Waals surface area contributed by atoms with Crippen molar-refractivity contribution >= 4 is 17.5 Å². The molecule has 0 atom stereocenters. The summed E-state index contributed by atoms with van der Waals surface area (Å²) in [7, 11) is 0. The van der Waals surface area contributed by atoms with E-state index in [4.69, 9.17) is 0 Å². The maximum atomic E-state index is 12.7. The largest absolute Gasteiger partial charge is 0.494 e. The van der Waals surface area contributed by atoms with Gasteiger partial charge in [0.2, 0.25) is 11.7 Å². The van der Waals surface area contributed by atoms with Crippen LogP contribution < -0.4 is 11.2 Å². The second-order valence-corrected chi connectivity index (χ2v) is 6.57. The minimum Gasteiger partial charge on any atom is -0.494 e. The van der Waals surface area contributed by atoms with E-state index in [2.05, 4.69) is 15.0 Å². The SMILES string of the molecule is CCc1c(O)n(C(C)C)c2nc(=NC(C)C)nc(SC)n2c1=O. The molecular formula is C15H23N5O2S. The molecule has 0 unspecified atom stereocenters. The van der Waals surface area contributed by atoms with Gasteiger partial charge in [0, 0.05) is 12.1 Å². The Morgan fingerprint density at radius 2 is 1.91 bits per heavy atom.